The lowest BCUT2D eigenvalue weighted by Gasteiger charge is -2.09. The van der Waals surface area contributed by atoms with Gasteiger partial charge in [0.05, 0.1) is 10.6 Å². The largest absolute Gasteiger partial charge is 0.452 e. The smallest absolute Gasteiger partial charge is 0.331 e. The third-order valence-corrected chi connectivity index (χ3v) is 4.50. The molecule has 0 aliphatic heterocycles. The average Bonchev–Trinajstić information content (AvgIpc) is 3.10. The minimum absolute atomic E-state index is 0.0166. The molecule has 0 saturated heterocycles. The van der Waals surface area contributed by atoms with Crippen molar-refractivity contribution in [2.45, 2.75) is 20.8 Å². The lowest BCUT2D eigenvalue weighted by molar-refractivity contribution is -0.384. The van der Waals surface area contributed by atoms with Crippen LogP contribution in [0, 0.1) is 30.9 Å². The van der Waals surface area contributed by atoms with Crippen molar-refractivity contribution < 1.29 is 19.2 Å². The van der Waals surface area contributed by atoms with Crippen molar-refractivity contribution in [2.75, 3.05) is 11.9 Å². The normalized spacial score (nSPS) is 10.9. The second-order valence-electron chi connectivity index (χ2n) is 6.99. The lowest BCUT2D eigenvalue weighted by Crippen LogP contribution is -2.22. The molecular weight excluding hydrogens is 452 g/mol. The number of halogens is 1. The number of anilines is 1. The zero-order valence-corrected chi connectivity index (χ0v) is 18.7. The number of aromatic nitrogens is 4. The molecule has 1 aromatic carbocycles. The minimum Gasteiger partial charge on any atom is -0.452 e. The van der Waals surface area contributed by atoms with Crippen molar-refractivity contribution in [3.05, 3.63) is 74.2 Å². The first-order chi connectivity index (χ1) is 15.6. The van der Waals surface area contributed by atoms with Gasteiger partial charge in [-0.05, 0) is 44.5 Å². The van der Waals surface area contributed by atoms with Gasteiger partial charge in [-0.25, -0.2) is 14.8 Å². The fourth-order valence-corrected chi connectivity index (χ4v) is 3.03. The van der Waals surface area contributed by atoms with Crippen LogP contribution in [-0.4, -0.2) is 43.2 Å². The molecular formula is C21H19ClN6O5. The lowest BCUT2D eigenvalue weighted by atomic mass is 10.2. The van der Waals surface area contributed by atoms with Gasteiger partial charge in [0.1, 0.15) is 10.8 Å². The van der Waals surface area contributed by atoms with E-state index in [0.29, 0.717) is 23.0 Å². The van der Waals surface area contributed by atoms with Crippen LogP contribution in [0.2, 0.25) is 5.02 Å². The van der Waals surface area contributed by atoms with Gasteiger partial charge in [0.15, 0.2) is 6.61 Å². The number of nitrogens with zero attached hydrogens (tertiary/aromatic N) is 5. The van der Waals surface area contributed by atoms with Crippen LogP contribution in [0.15, 0.2) is 36.4 Å². The molecule has 12 heteroatoms. The first-order valence-corrected chi connectivity index (χ1v) is 9.98. The number of ether oxygens (including phenoxy) is 1. The van der Waals surface area contributed by atoms with E-state index in [0.717, 1.165) is 17.5 Å². The molecule has 0 radical (unpaired) electrons. The van der Waals surface area contributed by atoms with Crippen molar-refractivity contribution in [1.29, 1.82) is 0 Å². The Morgan fingerprint density at radius 3 is 2.52 bits per heavy atom. The van der Waals surface area contributed by atoms with Crippen LogP contribution >= 0.6 is 11.6 Å². The van der Waals surface area contributed by atoms with E-state index in [4.69, 9.17) is 16.3 Å². The van der Waals surface area contributed by atoms with E-state index in [-0.39, 0.29) is 10.7 Å². The molecule has 0 bridgehead atoms. The molecule has 11 nitrogen and oxygen atoms in total. The fourth-order valence-electron chi connectivity index (χ4n) is 2.84. The molecule has 1 amide bonds. The van der Waals surface area contributed by atoms with Gasteiger partial charge in [-0.15, -0.1) is 0 Å². The number of nitro groups is 1. The molecule has 0 unspecified atom stereocenters. The van der Waals surface area contributed by atoms with Crippen LogP contribution in [0.25, 0.3) is 12.0 Å². The number of nitro benzene ring substituents is 1. The highest BCUT2D eigenvalue weighted by Crippen LogP contribution is 2.25. The first-order valence-electron chi connectivity index (χ1n) is 9.60. The van der Waals surface area contributed by atoms with Gasteiger partial charge in [-0.2, -0.15) is 9.78 Å². The minimum atomic E-state index is -0.801. The van der Waals surface area contributed by atoms with Crippen molar-refractivity contribution in [3.63, 3.8) is 0 Å². The number of nitrogens with one attached hydrogen (secondary N) is 1. The number of esters is 1. The Labute approximate surface area is 193 Å². The van der Waals surface area contributed by atoms with Crippen LogP contribution in [0.5, 0.6) is 0 Å². The van der Waals surface area contributed by atoms with E-state index in [2.05, 4.69) is 20.4 Å². The van der Waals surface area contributed by atoms with E-state index >= 15 is 0 Å². The van der Waals surface area contributed by atoms with Crippen LogP contribution in [0.4, 0.5) is 11.5 Å². The fraction of sp³-hybridized carbons (Fsp3) is 0.190. The number of rotatable bonds is 7. The van der Waals surface area contributed by atoms with Crippen LogP contribution in [0.1, 0.15) is 22.6 Å². The van der Waals surface area contributed by atoms with Crippen molar-refractivity contribution in [1.82, 2.24) is 19.7 Å². The van der Waals surface area contributed by atoms with Gasteiger partial charge in [0.25, 0.3) is 17.5 Å². The SMILES string of the molecule is Cc1cc(C)nc(-n2nc(C)cc2NC(=O)COC(=O)/C=C/c2ccc(Cl)c([N+](=O)[O-])c2)n1. The Bertz CT molecular complexity index is 1250. The molecule has 0 aliphatic rings. The summed E-state index contributed by atoms with van der Waals surface area (Å²) in [4.78, 5) is 43.2. The average molecular weight is 471 g/mol. The maximum atomic E-state index is 12.3. The predicted octanol–water partition coefficient (Wildman–Crippen LogP) is 3.34. The first kappa shape index (κ1) is 23.5. The Morgan fingerprint density at radius 1 is 1.15 bits per heavy atom. The molecule has 0 saturated carbocycles. The summed E-state index contributed by atoms with van der Waals surface area (Å²) in [5, 5.41) is 17.8. The summed E-state index contributed by atoms with van der Waals surface area (Å²) in [5.41, 5.74) is 2.21. The monoisotopic (exact) mass is 470 g/mol. The van der Waals surface area contributed by atoms with Gasteiger partial charge in [0.2, 0.25) is 0 Å². The molecule has 0 fully saturated rings. The van der Waals surface area contributed by atoms with Gasteiger partial charge in [-0.1, -0.05) is 17.7 Å². The predicted molar refractivity (Wildman–Crippen MR) is 120 cm³/mol. The molecule has 2 aromatic heterocycles. The van der Waals surface area contributed by atoms with Gasteiger partial charge >= 0.3 is 5.97 Å². The van der Waals surface area contributed by atoms with Gasteiger partial charge < -0.3 is 10.1 Å². The molecule has 3 aromatic rings. The number of carbonyl (C=O) groups is 2. The summed E-state index contributed by atoms with van der Waals surface area (Å²) in [6.45, 7) is 4.84. The highest BCUT2D eigenvalue weighted by Gasteiger charge is 2.15. The van der Waals surface area contributed by atoms with Crippen LogP contribution in [-0.2, 0) is 14.3 Å². The van der Waals surface area contributed by atoms with E-state index in [1.165, 1.54) is 29.0 Å². The summed E-state index contributed by atoms with van der Waals surface area (Å²) >= 11 is 5.76. The standard InChI is InChI=1S/C21H19ClN6O5/c1-12-8-13(2)24-21(23-12)27-18(9-14(3)26-27)25-19(29)11-33-20(30)7-5-15-4-6-16(22)17(10-15)28(31)32/h4-10H,11H2,1-3H3,(H,25,29)/b7-5+. The Balaban J connectivity index is 1.62. The molecule has 33 heavy (non-hydrogen) atoms. The summed E-state index contributed by atoms with van der Waals surface area (Å²) in [7, 11) is 0. The maximum absolute atomic E-state index is 12.3. The van der Waals surface area contributed by atoms with E-state index in [1.807, 2.05) is 19.9 Å². The maximum Gasteiger partial charge on any atom is 0.331 e. The number of hydrogen-bond donors (Lipinski definition) is 1. The highest BCUT2D eigenvalue weighted by atomic mass is 35.5. The Kier molecular flexibility index (Phi) is 7.13. The molecule has 0 spiro atoms. The Morgan fingerprint density at radius 2 is 1.85 bits per heavy atom. The molecule has 0 atom stereocenters. The Hall–Kier alpha value is -4.12. The van der Waals surface area contributed by atoms with Crippen molar-refractivity contribution in [3.8, 4) is 5.95 Å². The van der Waals surface area contributed by atoms with E-state index < -0.39 is 23.4 Å². The van der Waals surface area contributed by atoms with Crippen LogP contribution in [0.3, 0.4) is 0 Å². The third kappa shape index (κ3) is 6.20. The summed E-state index contributed by atoms with van der Waals surface area (Å²) in [5.74, 6) is -0.773. The zero-order chi connectivity index (χ0) is 24.1. The van der Waals surface area contributed by atoms with Gasteiger partial charge in [-0.3, -0.25) is 14.9 Å². The van der Waals surface area contributed by atoms with Crippen molar-refractivity contribution >= 4 is 41.1 Å². The third-order valence-electron chi connectivity index (χ3n) is 4.18. The summed E-state index contributed by atoms with van der Waals surface area (Å²) in [6, 6.07) is 7.52. The number of hydrogen-bond acceptors (Lipinski definition) is 8. The summed E-state index contributed by atoms with van der Waals surface area (Å²) in [6.07, 6.45) is 2.37. The number of carbonyl (C=O) groups excluding carboxylic acids is 2. The topological polar surface area (TPSA) is 142 Å². The molecule has 2 heterocycles. The molecule has 3 rings (SSSR count). The second-order valence-corrected chi connectivity index (χ2v) is 7.40. The van der Waals surface area contributed by atoms with E-state index in [1.54, 1.807) is 13.0 Å². The number of amides is 1. The quantitative estimate of drug-likeness (QED) is 0.240. The number of benzene rings is 1. The summed E-state index contributed by atoms with van der Waals surface area (Å²) < 4.78 is 6.32. The zero-order valence-electron chi connectivity index (χ0n) is 17.9. The highest BCUT2D eigenvalue weighted by molar-refractivity contribution is 6.32. The molecule has 0 aliphatic carbocycles. The van der Waals surface area contributed by atoms with Crippen molar-refractivity contribution in [2.24, 2.45) is 0 Å². The molecule has 170 valence electrons. The van der Waals surface area contributed by atoms with Crippen LogP contribution < -0.4 is 5.32 Å². The number of aryl methyl sites for hydroxylation is 3. The molecule has 1 N–H and O–H groups in total. The van der Waals surface area contributed by atoms with Gasteiger partial charge in [0, 0.05) is 29.6 Å². The second kappa shape index (κ2) is 10.0. The van der Waals surface area contributed by atoms with E-state index in [9.17, 15) is 19.7 Å².